The Bertz CT molecular complexity index is 587. The number of rotatable bonds is 5. The van der Waals surface area contributed by atoms with Crippen molar-refractivity contribution in [3.05, 3.63) is 29.8 Å². The number of halogens is 1. The highest BCUT2D eigenvalue weighted by atomic mass is 32.2. The number of aldehydes is 1. The number of carbonyl (C=O) groups is 1. The third-order valence-corrected chi connectivity index (χ3v) is 5.21. The summed E-state index contributed by atoms with van der Waals surface area (Å²) in [6.07, 6.45) is 1.54. The highest BCUT2D eigenvalue weighted by molar-refractivity contribution is 7.86. The maximum absolute atomic E-state index is 13.7. The van der Waals surface area contributed by atoms with E-state index in [2.05, 4.69) is 0 Å². The van der Waals surface area contributed by atoms with E-state index in [1.165, 1.54) is 12.1 Å². The van der Waals surface area contributed by atoms with Gasteiger partial charge in [-0.05, 0) is 50.7 Å². The number of benzene rings is 1. The van der Waals surface area contributed by atoms with E-state index in [-0.39, 0.29) is 30.3 Å². The molecular formula is C15H19FO4S. The van der Waals surface area contributed by atoms with Crippen LogP contribution in [0.3, 0.4) is 0 Å². The zero-order chi connectivity index (χ0) is 15.5. The van der Waals surface area contributed by atoms with E-state index in [1.54, 1.807) is 12.1 Å². The Morgan fingerprint density at radius 1 is 1.29 bits per heavy atom. The van der Waals surface area contributed by atoms with Gasteiger partial charge in [0.2, 0.25) is 0 Å². The molecule has 0 bridgehead atoms. The van der Waals surface area contributed by atoms with E-state index in [0.29, 0.717) is 19.1 Å². The van der Waals surface area contributed by atoms with Crippen LogP contribution in [0.4, 0.5) is 4.39 Å². The Hall–Kier alpha value is -1.27. The van der Waals surface area contributed by atoms with E-state index >= 15 is 0 Å². The molecule has 0 spiro atoms. The summed E-state index contributed by atoms with van der Waals surface area (Å²) in [5.74, 6) is -0.0333. The van der Waals surface area contributed by atoms with Crippen molar-refractivity contribution in [2.45, 2.75) is 43.2 Å². The van der Waals surface area contributed by atoms with Crippen LogP contribution in [0.15, 0.2) is 29.2 Å². The minimum Gasteiger partial charge on any atom is -0.300 e. The molecule has 1 aliphatic carbocycles. The van der Waals surface area contributed by atoms with Crippen molar-refractivity contribution in [2.24, 2.45) is 5.92 Å². The van der Waals surface area contributed by atoms with Crippen LogP contribution in [-0.4, -0.2) is 27.0 Å². The van der Waals surface area contributed by atoms with Gasteiger partial charge >= 0.3 is 0 Å². The molecule has 0 aliphatic heterocycles. The third-order valence-electron chi connectivity index (χ3n) is 3.92. The van der Waals surface area contributed by atoms with E-state index in [0.717, 1.165) is 5.56 Å². The fraction of sp³-hybridized carbons (Fsp3) is 0.533. The lowest BCUT2D eigenvalue weighted by Gasteiger charge is -2.29. The second-order valence-corrected chi connectivity index (χ2v) is 7.26. The van der Waals surface area contributed by atoms with Gasteiger partial charge in [0.15, 0.2) is 12.0 Å². The van der Waals surface area contributed by atoms with Gasteiger partial charge in [0.25, 0.3) is 10.1 Å². The zero-order valence-corrected chi connectivity index (χ0v) is 12.7. The predicted octanol–water partition coefficient (Wildman–Crippen LogP) is 2.80. The molecule has 0 saturated heterocycles. The Morgan fingerprint density at radius 2 is 1.86 bits per heavy atom. The van der Waals surface area contributed by atoms with Crippen LogP contribution >= 0.6 is 0 Å². The second-order valence-electron chi connectivity index (χ2n) is 5.65. The van der Waals surface area contributed by atoms with Crippen LogP contribution < -0.4 is 0 Å². The second kappa shape index (κ2) is 6.23. The summed E-state index contributed by atoms with van der Waals surface area (Å²) in [6, 6.07) is 6.42. The predicted molar refractivity (Wildman–Crippen MR) is 76.2 cm³/mol. The summed E-state index contributed by atoms with van der Waals surface area (Å²) < 4.78 is 42.8. The molecule has 1 aromatic carbocycles. The first kappa shape index (κ1) is 16.1. The number of carbonyl (C=O) groups excluding carboxylic acids is 1. The Kier molecular flexibility index (Phi) is 4.78. The monoisotopic (exact) mass is 314 g/mol. The molecule has 0 N–H and O–H groups in total. The number of hydrogen-bond donors (Lipinski definition) is 0. The molecule has 0 unspecified atom stereocenters. The number of hydrogen-bond acceptors (Lipinski definition) is 4. The summed E-state index contributed by atoms with van der Waals surface area (Å²) >= 11 is 0. The summed E-state index contributed by atoms with van der Waals surface area (Å²) in [6.45, 7) is 1.90. The van der Waals surface area contributed by atoms with Crippen molar-refractivity contribution < 1.29 is 21.8 Å². The third kappa shape index (κ3) is 4.11. The van der Waals surface area contributed by atoms with E-state index in [1.807, 2.05) is 6.92 Å². The Balaban J connectivity index is 1.91. The number of alkyl halides is 1. The van der Waals surface area contributed by atoms with E-state index < -0.39 is 15.8 Å². The Morgan fingerprint density at radius 3 is 2.38 bits per heavy atom. The van der Waals surface area contributed by atoms with Crippen molar-refractivity contribution in [3.8, 4) is 0 Å². The lowest BCUT2D eigenvalue weighted by atomic mass is 9.81. The maximum Gasteiger partial charge on any atom is 0.296 e. The largest absolute Gasteiger partial charge is 0.300 e. The lowest BCUT2D eigenvalue weighted by molar-refractivity contribution is -0.120. The molecule has 0 radical (unpaired) electrons. The van der Waals surface area contributed by atoms with Crippen molar-refractivity contribution in [1.82, 2.24) is 0 Å². The smallest absolute Gasteiger partial charge is 0.296 e. The molecule has 0 atom stereocenters. The SMILES string of the molecule is Cc1ccc(S(=O)(=O)OCC2CCC(F)(C=O)CC2)cc1. The molecule has 0 aromatic heterocycles. The fourth-order valence-electron chi connectivity index (χ4n) is 2.40. The van der Waals surface area contributed by atoms with Crippen molar-refractivity contribution >= 4 is 16.4 Å². The normalized spacial score (nSPS) is 26.5. The van der Waals surface area contributed by atoms with Crippen molar-refractivity contribution in [3.63, 3.8) is 0 Å². The minimum absolute atomic E-state index is 0.0329. The Labute approximate surface area is 124 Å². The first-order valence-electron chi connectivity index (χ1n) is 6.96. The van der Waals surface area contributed by atoms with E-state index in [4.69, 9.17) is 4.18 Å². The van der Waals surface area contributed by atoms with Crippen LogP contribution in [0, 0.1) is 12.8 Å². The van der Waals surface area contributed by atoms with Crippen molar-refractivity contribution in [2.75, 3.05) is 6.61 Å². The molecule has 21 heavy (non-hydrogen) atoms. The van der Waals surface area contributed by atoms with Gasteiger partial charge in [-0.25, -0.2) is 4.39 Å². The van der Waals surface area contributed by atoms with Gasteiger partial charge < -0.3 is 0 Å². The highest BCUT2D eigenvalue weighted by Crippen LogP contribution is 2.34. The van der Waals surface area contributed by atoms with Gasteiger partial charge in [-0.2, -0.15) is 8.42 Å². The summed E-state index contributed by atoms with van der Waals surface area (Å²) in [7, 11) is -3.77. The quantitative estimate of drug-likeness (QED) is 0.619. The average Bonchev–Trinajstić information content (AvgIpc) is 2.47. The standard InChI is InChI=1S/C15H19FO4S/c1-12-2-4-14(5-3-12)21(18,19)20-10-13-6-8-15(16,11-17)9-7-13/h2-5,11,13H,6-10H2,1H3. The van der Waals surface area contributed by atoms with Gasteiger partial charge in [-0.1, -0.05) is 17.7 Å². The molecule has 1 saturated carbocycles. The topological polar surface area (TPSA) is 60.4 Å². The molecule has 1 fully saturated rings. The molecular weight excluding hydrogens is 295 g/mol. The minimum atomic E-state index is -3.77. The molecule has 0 amide bonds. The molecule has 0 heterocycles. The first-order chi connectivity index (χ1) is 9.85. The van der Waals surface area contributed by atoms with Crippen LogP contribution in [0.5, 0.6) is 0 Å². The van der Waals surface area contributed by atoms with Gasteiger partial charge in [0.05, 0.1) is 11.5 Å². The number of aryl methyl sites for hydroxylation is 1. The van der Waals surface area contributed by atoms with Crippen LogP contribution in [-0.2, 0) is 19.1 Å². The van der Waals surface area contributed by atoms with Crippen LogP contribution in [0.1, 0.15) is 31.2 Å². The van der Waals surface area contributed by atoms with Gasteiger partial charge in [0.1, 0.15) is 0 Å². The molecule has 1 aromatic rings. The maximum atomic E-state index is 13.7. The fourth-order valence-corrected chi connectivity index (χ4v) is 3.38. The van der Waals surface area contributed by atoms with Crippen molar-refractivity contribution in [1.29, 1.82) is 0 Å². The van der Waals surface area contributed by atoms with Gasteiger partial charge in [-0.15, -0.1) is 0 Å². The molecule has 116 valence electrons. The molecule has 4 nitrogen and oxygen atoms in total. The van der Waals surface area contributed by atoms with E-state index in [9.17, 15) is 17.6 Å². The van der Waals surface area contributed by atoms with Crippen LogP contribution in [0.25, 0.3) is 0 Å². The first-order valence-corrected chi connectivity index (χ1v) is 8.37. The average molecular weight is 314 g/mol. The summed E-state index contributed by atoms with van der Waals surface area (Å²) in [4.78, 5) is 10.7. The highest BCUT2D eigenvalue weighted by Gasteiger charge is 2.35. The molecule has 1 aliphatic rings. The summed E-state index contributed by atoms with van der Waals surface area (Å²) in [5, 5.41) is 0. The summed E-state index contributed by atoms with van der Waals surface area (Å²) in [5.41, 5.74) is -0.777. The van der Waals surface area contributed by atoms with Gasteiger partial charge in [0, 0.05) is 0 Å². The van der Waals surface area contributed by atoms with Gasteiger partial charge in [-0.3, -0.25) is 8.98 Å². The zero-order valence-electron chi connectivity index (χ0n) is 11.9. The molecule has 6 heteroatoms. The molecule has 2 rings (SSSR count). The van der Waals surface area contributed by atoms with Crippen LogP contribution in [0.2, 0.25) is 0 Å². The lowest BCUT2D eigenvalue weighted by Crippen LogP contribution is -2.32.